The Hall–Kier alpha value is -2.00. The van der Waals surface area contributed by atoms with E-state index in [9.17, 15) is 13.2 Å². The van der Waals surface area contributed by atoms with Crippen molar-refractivity contribution in [3.63, 3.8) is 0 Å². The first-order valence-corrected chi connectivity index (χ1v) is 10.4. The second-order valence-electron chi connectivity index (χ2n) is 5.64. The molecule has 26 heavy (non-hydrogen) atoms. The highest BCUT2D eigenvalue weighted by Crippen LogP contribution is 2.26. The van der Waals surface area contributed by atoms with Gasteiger partial charge >= 0.3 is 0 Å². The van der Waals surface area contributed by atoms with Crippen LogP contribution in [0.25, 0.3) is 10.2 Å². The van der Waals surface area contributed by atoms with Gasteiger partial charge in [0.25, 0.3) is 0 Å². The van der Waals surface area contributed by atoms with Crippen molar-refractivity contribution in [1.82, 2.24) is 9.71 Å². The second kappa shape index (κ2) is 7.71. The Morgan fingerprint density at radius 2 is 1.92 bits per heavy atom. The van der Waals surface area contributed by atoms with Crippen molar-refractivity contribution in [1.29, 1.82) is 0 Å². The summed E-state index contributed by atoms with van der Waals surface area (Å²) in [6, 6.07) is 11.7. The number of aryl methyl sites for hydroxylation is 1. The number of sulfonamides is 1. The van der Waals surface area contributed by atoms with E-state index in [1.807, 2.05) is 25.1 Å². The Morgan fingerprint density at radius 1 is 1.19 bits per heavy atom. The number of fused-ring (bicyclic) bond motifs is 1. The van der Waals surface area contributed by atoms with Crippen molar-refractivity contribution in [2.24, 2.45) is 0 Å². The molecule has 0 bridgehead atoms. The minimum absolute atomic E-state index is 0.00176. The first-order chi connectivity index (χ1) is 12.3. The van der Waals surface area contributed by atoms with Crippen molar-refractivity contribution in [2.45, 2.75) is 18.2 Å². The number of benzene rings is 2. The quantitative estimate of drug-likeness (QED) is 0.651. The Labute approximate surface area is 160 Å². The van der Waals surface area contributed by atoms with Gasteiger partial charge in [-0.25, -0.2) is 18.1 Å². The second-order valence-corrected chi connectivity index (χ2v) is 8.87. The van der Waals surface area contributed by atoms with Gasteiger partial charge in [0.2, 0.25) is 15.9 Å². The molecule has 1 aromatic heterocycles. The highest BCUT2D eigenvalue weighted by atomic mass is 35.5. The van der Waals surface area contributed by atoms with Crippen LogP contribution in [0.5, 0.6) is 0 Å². The van der Waals surface area contributed by atoms with Gasteiger partial charge in [-0.15, -0.1) is 0 Å². The van der Waals surface area contributed by atoms with Crippen LogP contribution in [0, 0.1) is 6.92 Å². The number of hydrogen-bond donors (Lipinski definition) is 2. The summed E-state index contributed by atoms with van der Waals surface area (Å²) in [7, 11) is -3.67. The fraction of sp³-hybridized carbons (Fsp3) is 0.176. The SMILES string of the molecule is Cc1ccc2nc(NC(=O)CCNS(=O)(=O)c3ccc(Cl)cc3)sc2c1. The lowest BCUT2D eigenvalue weighted by Gasteiger charge is -2.06. The summed E-state index contributed by atoms with van der Waals surface area (Å²) in [5.41, 5.74) is 1.94. The van der Waals surface area contributed by atoms with Gasteiger partial charge in [0.05, 0.1) is 15.1 Å². The smallest absolute Gasteiger partial charge is 0.240 e. The number of rotatable bonds is 6. The lowest BCUT2D eigenvalue weighted by atomic mass is 10.2. The molecule has 0 spiro atoms. The van der Waals surface area contributed by atoms with Crippen LogP contribution in [0.3, 0.4) is 0 Å². The zero-order valence-electron chi connectivity index (χ0n) is 13.8. The molecule has 0 aliphatic heterocycles. The normalized spacial score (nSPS) is 11.6. The van der Waals surface area contributed by atoms with Crippen LogP contribution in [0.1, 0.15) is 12.0 Å². The molecule has 0 saturated carbocycles. The van der Waals surface area contributed by atoms with Crippen LogP contribution >= 0.6 is 22.9 Å². The van der Waals surface area contributed by atoms with Crippen LogP contribution in [-0.2, 0) is 14.8 Å². The van der Waals surface area contributed by atoms with Crippen molar-refractivity contribution >= 4 is 54.2 Å². The zero-order chi connectivity index (χ0) is 18.7. The van der Waals surface area contributed by atoms with E-state index in [1.165, 1.54) is 35.6 Å². The molecule has 0 radical (unpaired) electrons. The molecular formula is C17H16ClN3O3S2. The first kappa shape index (κ1) is 18.8. The summed E-state index contributed by atoms with van der Waals surface area (Å²) in [6.07, 6.45) is 0.00176. The van der Waals surface area contributed by atoms with Crippen LogP contribution in [0.4, 0.5) is 5.13 Å². The monoisotopic (exact) mass is 409 g/mol. The molecule has 0 saturated heterocycles. The van der Waals surface area contributed by atoms with E-state index in [-0.39, 0.29) is 23.8 Å². The maximum atomic E-state index is 12.1. The van der Waals surface area contributed by atoms with Crippen LogP contribution in [0.15, 0.2) is 47.4 Å². The Balaban J connectivity index is 1.55. The number of nitrogens with one attached hydrogen (secondary N) is 2. The number of aromatic nitrogens is 1. The predicted molar refractivity (Wildman–Crippen MR) is 104 cm³/mol. The molecule has 1 amide bonds. The third-order valence-corrected chi connectivity index (χ3v) is 6.22. The third-order valence-electron chi connectivity index (χ3n) is 3.56. The van der Waals surface area contributed by atoms with E-state index >= 15 is 0 Å². The number of carbonyl (C=O) groups excluding carboxylic acids is 1. The number of nitrogens with zero attached hydrogens (tertiary/aromatic N) is 1. The summed E-state index contributed by atoms with van der Waals surface area (Å²) in [5.74, 6) is -0.306. The summed E-state index contributed by atoms with van der Waals surface area (Å²) in [4.78, 5) is 16.5. The standard InChI is InChI=1S/C17H16ClN3O3S2/c1-11-2-7-14-15(10-11)25-17(20-14)21-16(22)8-9-19-26(23,24)13-5-3-12(18)4-6-13/h2-7,10,19H,8-9H2,1H3,(H,20,21,22). The molecule has 0 atom stereocenters. The molecule has 2 aromatic carbocycles. The van der Waals surface area contributed by atoms with Crippen molar-refractivity contribution in [2.75, 3.05) is 11.9 Å². The Morgan fingerprint density at radius 3 is 2.65 bits per heavy atom. The van der Waals surface area contributed by atoms with Gasteiger partial charge in [0, 0.05) is 18.0 Å². The molecule has 136 valence electrons. The average molecular weight is 410 g/mol. The van der Waals surface area contributed by atoms with Crippen LogP contribution < -0.4 is 10.0 Å². The fourth-order valence-corrected chi connectivity index (χ4v) is 4.40. The number of hydrogen-bond acceptors (Lipinski definition) is 5. The van der Waals surface area contributed by atoms with Gasteiger partial charge in [-0.05, 0) is 48.9 Å². The average Bonchev–Trinajstić information content (AvgIpc) is 2.96. The van der Waals surface area contributed by atoms with E-state index in [4.69, 9.17) is 11.6 Å². The largest absolute Gasteiger partial charge is 0.302 e. The fourth-order valence-electron chi connectivity index (χ4n) is 2.26. The summed E-state index contributed by atoms with van der Waals surface area (Å²) >= 11 is 7.13. The topological polar surface area (TPSA) is 88.2 Å². The summed E-state index contributed by atoms with van der Waals surface area (Å²) in [6.45, 7) is 1.98. The van der Waals surface area contributed by atoms with Crippen molar-refractivity contribution in [3.8, 4) is 0 Å². The Bertz CT molecular complexity index is 1050. The molecule has 2 N–H and O–H groups in total. The first-order valence-electron chi connectivity index (χ1n) is 7.76. The Kier molecular flexibility index (Phi) is 5.57. The van der Waals surface area contributed by atoms with Crippen molar-refractivity contribution in [3.05, 3.63) is 53.1 Å². The predicted octanol–water partition coefficient (Wildman–Crippen LogP) is 3.57. The zero-order valence-corrected chi connectivity index (χ0v) is 16.2. The van der Waals surface area contributed by atoms with E-state index in [0.29, 0.717) is 10.2 Å². The highest BCUT2D eigenvalue weighted by molar-refractivity contribution is 7.89. The van der Waals surface area contributed by atoms with Crippen LogP contribution in [-0.4, -0.2) is 25.9 Å². The van der Waals surface area contributed by atoms with E-state index in [0.717, 1.165) is 15.8 Å². The molecule has 0 aliphatic carbocycles. The molecule has 0 unspecified atom stereocenters. The molecule has 3 aromatic rings. The molecule has 1 heterocycles. The third kappa shape index (κ3) is 4.59. The van der Waals surface area contributed by atoms with E-state index < -0.39 is 10.0 Å². The number of amides is 1. The van der Waals surface area contributed by atoms with Gasteiger partial charge in [0.1, 0.15) is 0 Å². The van der Waals surface area contributed by atoms with Gasteiger partial charge in [0.15, 0.2) is 5.13 Å². The number of anilines is 1. The van der Waals surface area contributed by atoms with Gasteiger partial charge in [-0.3, -0.25) is 4.79 Å². The van der Waals surface area contributed by atoms with E-state index in [2.05, 4.69) is 15.0 Å². The number of halogens is 1. The van der Waals surface area contributed by atoms with E-state index in [1.54, 1.807) is 0 Å². The molecule has 3 rings (SSSR count). The maximum absolute atomic E-state index is 12.1. The minimum Gasteiger partial charge on any atom is -0.302 e. The molecule has 0 aliphatic rings. The lowest BCUT2D eigenvalue weighted by molar-refractivity contribution is -0.116. The molecule has 6 nitrogen and oxygen atoms in total. The van der Waals surface area contributed by atoms with Gasteiger partial charge in [-0.1, -0.05) is 29.0 Å². The molecule has 0 fully saturated rings. The minimum atomic E-state index is -3.67. The van der Waals surface area contributed by atoms with Gasteiger partial charge < -0.3 is 5.32 Å². The summed E-state index contributed by atoms with van der Waals surface area (Å²) < 4.78 is 27.7. The maximum Gasteiger partial charge on any atom is 0.240 e. The molecule has 9 heteroatoms. The van der Waals surface area contributed by atoms with Crippen LogP contribution in [0.2, 0.25) is 5.02 Å². The highest BCUT2D eigenvalue weighted by Gasteiger charge is 2.14. The lowest BCUT2D eigenvalue weighted by Crippen LogP contribution is -2.27. The van der Waals surface area contributed by atoms with Gasteiger partial charge in [-0.2, -0.15) is 0 Å². The number of carbonyl (C=O) groups is 1. The number of thiazole rings is 1. The molecular weight excluding hydrogens is 394 g/mol. The van der Waals surface area contributed by atoms with Crippen molar-refractivity contribution < 1.29 is 13.2 Å². The summed E-state index contributed by atoms with van der Waals surface area (Å²) in [5, 5.41) is 3.65.